The number of aliphatic hydroxyl groups is 1. The third-order valence-corrected chi connectivity index (χ3v) is 3.93. The van der Waals surface area contributed by atoms with E-state index in [2.05, 4.69) is 11.9 Å². The second kappa shape index (κ2) is 4.95. The zero-order valence-corrected chi connectivity index (χ0v) is 9.41. The fourth-order valence-electron chi connectivity index (χ4n) is 0.995. The Hall–Kier alpha value is -0.100. The van der Waals surface area contributed by atoms with Crippen LogP contribution in [0.3, 0.4) is 0 Å². The minimum Gasteiger partial charge on any atom is -0.394 e. The first-order chi connectivity index (χ1) is 6.19. The summed E-state index contributed by atoms with van der Waals surface area (Å²) in [4.78, 5) is 5.36. The molecule has 0 bridgehead atoms. The van der Waals surface area contributed by atoms with Crippen LogP contribution >= 0.6 is 23.1 Å². The van der Waals surface area contributed by atoms with Crippen LogP contribution in [0.4, 0.5) is 0 Å². The highest BCUT2D eigenvalue weighted by molar-refractivity contribution is 8.01. The van der Waals surface area contributed by atoms with Crippen molar-refractivity contribution in [1.29, 1.82) is 0 Å². The Morgan fingerprint density at radius 3 is 2.92 bits per heavy atom. The van der Waals surface area contributed by atoms with E-state index in [9.17, 15) is 0 Å². The van der Waals surface area contributed by atoms with Gasteiger partial charge in [0.25, 0.3) is 0 Å². The predicted molar refractivity (Wildman–Crippen MR) is 57.3 cm³/mol. The Balaban J connectivity index is 2.82. The SMILES string of the molecule is CCSc1nc(C)c(C(N)CO)s1. The van der Waals surface area contributed by atoms with Gasteiger partial charge in [-0.3, -0.25) is 0 Å². The summed E-state index contributed by atoms with van der Waals surface area (Å²) in [5, 5.41) is 8.90. The first kappa shape index (κ1) is 11.0. The van der Waals surface area contributed by atoms with Gasteiger partial charge in [0.1, 0.15) is 4.34 Å². The molecule has 0 radical (unpaired) electrons. The molecule has 3 nitrogen and oxygen atoms in total. The number of hydrogen-bond donors (Lipinski definition) is 2. The quantitative estimate of drug-likeness (QED) is 0.753. The first-order valence-corrected chi connectivity index (χ1v) is 5.95. The van der Waals surface area contributed by atoms with E-state index in [0.29, 0.717) is 0 Å². The zero-order valence-electron chi connectivity index (χ0n) is 7.78. The van der Waals surface area contributed by atoms with Crippen molar-refractivity contribution in [3.63, 3.8) is 0 Å². The van der Waals surface area contributed by atoms with Gasteiger partial charge >= 0.3 is 0 Å². The third-order valence-electron chi connectivity index (χ3n) is 1.61. The fraction of sp³-hybridized carbons (Fsp3) is 0.625. The smallest absolute Gasteiger partial charge is 0.150 e. The molecule has 1 heterocycles. The summed E-state index contributed by atoms with van der Waals surface area (Å²) in [5.74, 6) is 1.01. The predicted octanol–water partition coefficient (Wildman–Crippen LogP) is 1.56. The number of rotatable bonds is 4. The van der Waals surface area contributed by atoms with Gasteiger partial charge in [0.2, 0.25) is 0 Å². The standard InChI is InChI=1S/C8H14N2OS2/c1-3-12-8-10-5(2)7(13-8)6(9)4-11/h6,11H,3-4,9H2,1-2H3. The lowest BCUT2D eigenvalue weighted by atomic mass is 10.2. The number of thioether (sulfide) groups is 1. The Morgan fingerprint density at radius 1 is 1.69 bits per heavy atom. The molecular weight excluding hydrogens is 204 g/mol. The Bertz CT molecular complexity index is 275. The highest BCUT2D eigenvalue weighted by Gasteiger charge is 2.13. The summed E-state index contributed by atoms with van der Waals surface area (Å²) < 4.78 is 1.04. The Kier molecular flexibility index (Phi) is 4.18. The lowest BCUT2D eigenvalue weighted by molar-refractivity contribution is 0.269. The lowest BCUT2D eigenvalue weighted by Gasteiger charge is -2.04. The minimum absolute atomic E-state index is 0.0146. The minimum atomic E-state index is -0.274. The van der Waals surface area contributed by atoms with Crippen LogP contribution < -0.4 is 5.73 Å². The van der Waals surface area contributed by atoms with Crippen LogP contribution in [0.15, 0.2) is 4.34 Å². The second-order valence-corrected chi connectivity index (χ2v) is 5.19. The highest BCUT2D eigenvalue weighted by Crippen LogP contribution is 2.29. The third kappa shape index (κ3) is 2.67. The maximum absolute atomic E-state index is 8.90. The van der Waals surface area contributed by atoms with Gasteiger partial charge in [-0.25, -0.2) is 4.98 Å². The van der Waals surface area contributed by atoms with E-state index in [-0.39, 0.29) is 12.6 Å². The van der Waals surface area contributed by atoms with E-state index in [1.807, 2.05) is 6.92 Å². The molecule has 3 N–H and O–H groups in total. The van der Waals surface area contributed by atoms with E-state index >= 15 is 0 Å². The van der Waals surface area contributed by atoms with Crippen LogP contribution in [0.5, 0.6) is 0 Å². The molecule has 0 aromatic carbocycles. The monoisotopic (exact) mass is 218 g/mol. The molecule has 0 aliphatic carbocycles. The molecule has 1 atom stereocenters. The normalized spacial score (nSPS) is 13.2. The average molecular weight is 218 g/mol. The van der Waals surface area contributed by atoms with Crippen LogP contribution in [0.25, 0.3) is 0 Å². The molecule has 0 saturated heterocycles. The number of nitrogens with zero attached hydrogens (tertiary/aromatic N) is 1. The maximum atomic E-state index is 8.90. The van der Waals surface area contributed by atoms with E-state index in [4.69, 9.17) is 10.8 Å². The Morgan fingerprint density at radius 2 is 2.38 bits per heavy atom. The van der Waals surface area contributed by atoms with E-state index in [1.165, 1.54) is 0 Å². The van der Waals surface area contributed by atoms with Crippen molar-refractivity contribution < 1.29 is 5.11 Å². The molecule has 5 heteroatoms. The number of nitrogens with two attached hydrogens (primary N) is 1. The number of aliphatic hydroxyl groups excluding tert-OH is 1. The van der Waals surface area contributed by atoms with Crippen LogP contribution in [0.2, 0.25) is 0 Å². The van der Waals surface area contributed by atoms with Gasteiger partial charge in [0.15, 0.2) is 0 Å². The largest absolute Gasteiger partial charge is 0.394 e. The second-order valence-electron chi connectivity index (χ2n) is 2.65. The summed E-state index contributed by atoms with van der Waals surface area (Å²) in [7, 11) is 0. The van der Waals surface area contributed by atoms with E-state index in [0.717, 1.165) is 20.7 Å². The lowest BCUT2D eigenvalue weighted by Crippen LogP contribution is -2.13. The van der Waals surface area contributed by atoms with Gasteiger partial charge in [0.05, 0.1) is 18.3 Å². The highest BCUT2D eigenvalue weighted by atomic mass is 32.2. The van der Waals surface area contributed by atoms with Crippen molar-refractivity contribution in [2.24, 2.45) is 5.73 Å². The molecular formula is C8H14N2OS2. The molecule has 1 rings (SSSR count). The molecule has 13 heavy (non-hydrogen) atoms. The van der Waals surface area contributed by atoms with Crippen LogP contribution in [0.1, 0.15) is 23.5 Å². The first-order valence-electron chi connectivity index (χ1n) is 4.15. The molecule has 74 valence electrons. The van der Waals surface area contributed by atoms with Crippen molar-refractivity contribution in [2.75, 3.05) is 12.4 Å². The number of hydrogen-bond acceptors (Lipinski definition) is 5. The summed E-state index contributed by atoms with van der Waals surface area (Å²) in [6.45, 7) is 4.01. The summed E-state index contributed by atoms with van der Waals surface area (Å²) in [5.41, 5.74) is 6.66. The number of aromatic nitrogens is 1. The molecule has 0 saturated carbocycles. The maximum Gasteiger partial charge on any atom is 0.150 e. The van der Waals surface area contributed by atoms with Crippen molar-refractivity contribution in [3.05, 3.63) is 10.6 Å². The fourth-order valence-corrected chi connectivity index (χ4v) is 3.09. The molecule has 1 aromatic heterocycles. The molecule has 0 fully saturated rings. The molecule has 0 spiro atoms. The Labute approximate surface area is 86.4 Å². The number of thiazole rings is 1. The van der Waals surface area contributed by atoms with Gasteiger partial charge in [-0.05, 0) is 12.7 Å². The van der Waals surface area contributed by atoms with Gasteiger partial charge in [0, 0.05) is 4.88 Å². The van der Waals surface area contributed by atoms with Crippen LogP contribution in [-0.2, 0) is 0 Å². The molecule has 1 unspecified atom stereocenters. The van der Waals surface area contributed by atoms with Crippen molar-refractivity contribution in [3.8, 4) is 0 Å². The van der Waals surface area contributed by atoms with E-state index < -0.39 is 0 Å². The molecule has 0 aliphatic heterocycles. The van der Waals surface area contributed by atoms with Gasteiger partial charge in [-0.15, -0.1) is 11.3 Å². The van der Waals surface area contributed by atoms with Gasteiger partial charge < -0.3 is 10.8 Å². The van der Waals surface area contributed by atoms with Crippen LogP contribution in [0, 0.1) is 6.92 Å². The molecule has 1 aromatic rings. The van der Waals surface area contributed by atoms with Crippen molar-refractivity contribution in [2.45, 2.75) is 24.2 Å². The summed E-state index contributed by atoms with van der Waals surface area (Å²) >= 11 is 3.29. The van der Waals surface area contributed by atoms with Crippen molar-refractivity contribution >= 4 is 23.1 Å². The summed E-state index contributed by atoms with van der Waals surface area (Å²) in [6, 6.07) is -0.274. The zero-order chi connectivity index (χ0) is 9.84. The number of aryl methyl sites for hydroxylation is 1. The van der Waals surface area contributed by atoms with Crippen LogP contribution in [-0.4, -0.2) is 22.5 Å². The van der Waals surface area contributed by atoms with Gasteiger partial charge in [-0.1, -0.05) is 18.7 Å². The van der Waals surface area contributed by atoms with Crippen molar-refractivity contribution in [1.82, 2.24) is 4.98 Å². The van der Waals surface area contributed by atoms with E-state index in [1.54, 1.807) is 23.1 Å². The summed E-state index contributed by atoms with van der Waals surface area (Å²) in [6.07, 6.45) is 0. The molecule has 0 amide bonds. The topological polar surface area (TPSA) is 59.1 Å². The molecule has 0 aliphatic rings. The average Bonchev–Trinajstić information content (AvgIpc) is 2.46. The van der Waals surface area contributed by atoms with Gasteiger partial charge in [-0.2, -0.15) is 0 Å².